The van der Waals surface area contributed by atoms with Gasteiger partial charge < -0.3 is 9.88 Å². The van der Waals surface area contributed by atoms with Crippen LogP contribution >= 0.6 is 11.6 Å². The van der Waals surface area contributed by atoms with Gasteiger partial charge in [-0.15, -0.1) is 0 Å². The standard InChI is InChI=1S/C18H17ClN4O/c19-13-3-7-20-16(10-13)18(24)23-8-4-12(5-9-23)15-11-22-17-14(15)2-1-6-21-17/h1-3,6-7,10-12H,4-5,8-9H2,(H,21,22). The van der Waals surface area contributed by atoms with Gasteiger partial charge in [0.2, 0.25) is 0 Å². The number of pyridine rings is 2. The van der Waals surface area contributed by atoms with Crippen LogP contribution in [0.4, 0.5) is 0 Å². The van der Waals surface area contributed by atoms with Crippen LogP contribution in [0.1, 0.15) is 34.8 Å². The number of hydrogen-bond donors (Lipinski definition) is 1. The molecule has 0 aromatic carbocycles. The van der Waals surface area contributed by atoms with E-state index in [4.69, 9.17) is 11.6 Å². The Kier molecular flexibility index (Phi) is 3.94. The van der Waals surface area contributed by atoms with E-state index in [2.05, 4.69) is 27.2 Å². The lowest BCUT2D eigenvalue weighted by atomic mass is 9.89. The minimum Gasteiger partial charge on any atom is -0.346 e. The topological polar surface area (TPSA) is 61.9 Å². The largest absolute Gasteiger partial charge is 0.346 e. The Bertz CT molecular complexity index is 883. The minimum absolute atomic E-state index is 0.0449. The summed E-state index contributed by atoms with van der Waals surface area (Å²) in [5.74, 6) is 0.399. The van der Waals surface area contributed by atoms with Crippen molar-refractivity contribution in [2.24, 2.45) is 0 Å². The number of nitrogens with zero attached hydrogens (tertiary/aromatic N) is 3. The molecular formula is C18H17ClN4O. The first-order valence-electron chi connectivity index (χ1n) is 8.05. The fourth-order valence-electron chi connectivity index (χ4n) is 3.39. The van der Waals surface area contributed by atoms with Crippen molar-refractivity contribution in [1.82, 2.24) is 19.9 Å². The Morgan fingerprint density at radius 3 is 2.83 bits per heavy atom. The highest BCUT2D eigenvalue weighted by Gasteiger charge is 2.26. The van der Waals surface area contributed by atoms with E-state index in [9.17, 15) is 4.79 Å². The van der Waals surface area contributed by atoms with Gasteiger partial charge in [-0.2, -0.15) is 0 Å². The first-order valence-corrected chi connectivity index (χ1v) is 8.43. The van der Waals surface area contributed by atoms with Crippen molar-refractivity contribution in [1.29, 1.82) is 0 Å². The molecule has 1 aliphatic heterocycles. The van der Waals surface area contributed by atoms with Crippen LogP contribution in [-0.2, 0) is 0 Å². The van der Waals surface area contributed by atoms with Crippen molar-refractivity contribution in [2.75, 3.05) is 13.1 Å². The molecule has 1 saturated heterocycles. The summed E-state index contributed by atoms with van der Waals surface area (Å²) in [6.45, 7) is 1.45. The molecule has 1 fully saturated rings. The summed E-state index contributed by atoms with van der Waals surface area (Å²) in [6.07, 6.45) is 7.30. The fraction of sp³-hybridized carbons (Fsp3) is 0.278. The Morgan fingerprint density at radius 2 is 2.04 bits per heavy atom. The van der Waals surface area contributed by atoms with Gasteiger partial charge in [0, 0.05) is 42.1 Å². The second kappa shape index (κ2) is 6.24. The highest BCUT2D eigenvalue weighted by molar-refractivity contribution is 6.30. The van der Waals surface area contributed by atoms with E-state index in [0.29, 0.717) is 16.6 Å². The van der Waals surface area contributed by atoms with E-state index in [1.807, 2.05) is 11.0 Å². The van der Waals surface area contributed by atoms with Gasteiger partial charge in [0.1, 0.15) is 11.3 Å². The van der Waals surface area contributed by atoms with E-state index in [-0.39, 0.29) is 5.91 Å². The number of fused-ring (bicyclic) bond motifs is 1. The minimum atomic E-state index is -0.0449. The first kappa shape index (κ1) is 15.1. The van der Waals surface area contributed by atoms with Gasteiger partial charge in [0.05, 0.1) is 0 Å². The molecule has 1 aliphatic rings. The number of aromatic nitrogens is 3. The van der Waals surface area contributed by atoms with Crippen molar-refractivity contribution < 1.29 is 4.79 Å². The average Bonchev–Trinajstić information content (AvgIpc) is 3.05. The van der Waals surface area contributed by atoms with Crippen LogP contribution in [0.3, 0.4) is 0 Å². The van der Waals surface area contributed by atoms with Gasteiger partial charge >= 0.3 is 0 Å². The van der Waals surface area contributed by atoms with Crippen LogP contribution in [0.25, 0.3) is 11.0 Å². The van der Waals surface area contributed by atoms with Crippen molar-refractivity contribution in [3.63, 3.8) is 0 Å². The first-order chi connectivity index (χ1) is 11.7. The zero-order valence-corrected chi connectivity index (χ0v) is 13.8. The SMILES string of the molecule is O=C(c1cc(Cl)ccn1)N1CCC(c2c[nH]c3ncccc23)CC1. The quantitative estimate of drug-likeness (QED) is 0.774. The molecule has 1 amide bonds. The molecule has 0 unspecified atom stereocenters. The molecule has 0 radical (unpaired) electrons. The molecule has 122 valence electrons. The molecule has 1 N–H and O–H groups in total. The molecule has 0 bridgehead atoms. The highest BCUT2D eigenvalue weighted by atomic mass is 35.5. The maximum Gasteiger partial charge on any atom is 0.272 e. The van der Waals surface area contributed by atoms with Crippen LogP contribution in [0.5, 0.6) is 0 Å². The molecule has 3 aromatic heterocycles. The third kappa shape index (κ3) is 2.76. The van der Waals surface area contributed by atoms with Gasteiger partial charge in [0.25, 0.3) is 5.91 Å². The lowest BCUT2D eigenvalue weighted by Crippen LogP contribution is -2.38. The molecule has 24 heavy (non-hydrogen) atoms. The molecule has 0 aliphatic carbocycles. The molecule has 6 heteroatoms. The normalized spacial score (nSPS) is 15.8. The summed E-state index contributed by atoms with van der Waals surface area (Å²) in [5.41, 5.74) is 2.64. The Morgan fingerprint density at radius 1 is 1.21 bits per heavy atom. The zero-order chi connectivity index (χ0) is 16.5. The van der Waals surface area contributed by atoms with Crippen molar-refractivity contribution >= 4 is 28.5 Å². The van der Waals surface area contributed by atoms with Gasteiger partial charge in [-0.25, -0.2) is 4.98 Å². The number of piperidine rings is 1. The predicted molar refractivity (Wildman–Crippen MR) is 93.2 cm³/mol. The van der Waals surface area contributed by atoms with Crippen molar-refractivity contribution in [3.8, 4) is 0 Å². The number of nitrogens with one attached hydrogen (secondary N) is 1. The van der Waals surface area contributed by atoms with Gasteiger partial charge in [-0.3, -0.25) is 9.78 Å². The number of carbonyl (C=O) groups is 1. The predicted octanol–water partition coefficient (Wildman–Crippen LogP) is 3.63. The lowest BCUT2D eigenvalue weighted by molar-refractivity contribution is 0.0707. The summed E-state index contributed by atoms with van der Waals surface area (Å²) in [4.78, 5) is 26.1. The van der Waals surface area contributed by atoms with E-state index < -0.39 is 0 Å². The Balaban J connectivity index is 1.48. The summed E-state index contributed by atoms with van der Waals surface area (Å²) in [7, 11) is 0. The maximum atomic E-state index is 12.5. The van der Waals surface area contributed by atoms with E-state index in [1.54, 1.807) is 24.5 Å². The Hall–Kier alpha value is -2.40. The number of carbonyl (C=O) groups excluding carboxylic acids is 1. The van der Waals surface area contributed by atoms with Crippen LogP contribution in [0, 0.1) is 0 Å². The van der Waals surface area contributed by atoms with Crippen molar-refractivity contribution in [2.45, 2.75) is 18.8 Å². The van der Waals surface area contributed by atoms with Crippen LogP contribution < -0.4 is 0 Å². The molecule has 0 spiro atoms. The number of likely N-dealkylation sites (tertiary alicyclic amines) is 1. The molecule has 3 aromatic rings. The van der Waals surface area contributed by atoms with Crippen molar-refractivity contribution in [3.05, 3.63) is 59.1 Å². The monoisotopic (exact) mass is 340 g/mol. The number of amides is 1. The smallest absolute Gasteiger partial charge is 0.272 e. The number of rotatable bonds is 2. The van der Waals surface area contributed by atoms with E-state index >= 15 is 0 Å². The van der Waals surface area contributed by atoms with Gasteiger partial charge in [-0.1, -0.05) is 11.6 Å². The second-order valence-electron chi connectivity index (χ2n) is 6.07. The number of aromatic amines is 1. The zero-order valence-electron chi connectivity index (χ0n) is 13.1. The van der Waals surface area contributed by atoms with E-state index in [1.165, 1.54) is 10.9 Å². The molecule has 0 atom stereocenters. The lowest BCUT2D eigenvalue weighted by Gasteiger charge is -2.31. The number of hydrogen-bond acceptors (Lipinski definition) is 3. The molecular weight excluding hydrogens is 324 g/mol. The van der Waals surface area contributed by atoms with Crippen LogP contribution in [0.15, 0.2) is 42.9 Å². The molecule has 0 saturated carbocycles. The van der Waals surface area contributed by atoms with Crippen LogP contribution in [0.2, 0.25) is 5.02 Å². The Labute approximate surface area is 144 Å². The summed E-state index contributed by atoms with van der Waals surface area (Å²) < 4.78 is 0. The number of halogens is 1. The maximum absolute atomic E-state index is 12.5. The highest BCUT2D eigenvalue weighted by Crippen LogP contribution is 2.32. The molecule has 4 rings (SSSR count). The van der Waals surface area contributed by atoms with E-state index in [0.717, 1.165) is 31.6 Å². The second-order valence-corrected chi connectivity index (χ2v) is 6.51. The molecule has 5 nitrogen and oxygen atoms in total. The summed E-state index contributed by atoms with van der Waals surface area (Å²) in [5, 5.41) is 1.72. The number of H-pyrrole nitrogens is 1. The molecule has 4 heterocycles. The third-order valence-electron chi connectivity index (χ3n) is 4.65. The summed E-state index contributed by atoms with van der Waals surface area (Å²) >= 11 is 5.95. The average molecular weight is 341 g/mol. The summed E-state index contributed by atoms with van der Waals surface area (Å²) in [6, 6.07) is 7.36. The van der Waals surface area contributed by atoms with Gasteiger partial charge in [0.15, 0.2) is 0 Å². The van der Waals surface area contributed by atoms with Gasteiger partial charge in [-0.05, 0) is 48.6 Å². The fourth-order valence-corrected chi connectivity index (χ4v) is 3.55. The van der Waals surface area contributed by atoms with Crippen LogP contribution in [-0.4, -0.2) is 38.8 Å². The third-order valence-corrected chi connectivity index (χ3v) is 4.88.